The zero-order valence-corrected chi connectivity index (χ0v) is 18.6. The van der Waals surface area contributed by atoms with Gasteiger partial charge in [-0.05, 0) is 36.6 Å². The second-order valence-electron chi connectivity index (χ2n) is 7.83. The van der Waals surface area contributed by atoms with Crippen LogP contribution in [0.1, 0.15) is 54.4 Å². The Balaban J connectivity index is 0.000000509. The number of anilines is 2. The van der Waals surface area contributed by atoms with Crippen LogP contribution in [0.15, 0.2) is 48.5 Å². The van der Waals surface area contributed by atoms with Crippen molar-refractivity contribution in [3.63, 3.8) is 0 Å². The maximum absolute atomic E-state index is 11.9. The van der Waals surface area contributed by atoms with Crippen LogP contribution < -0.4 is 10.2 Å². The molecule has 2 aromatic carbocycles. The molecule has 1 amide bonds. The molecule has 1 atom stereocenters. The van der Waals surface area contributed by atoms with Crippen LogP contribution in [0.4, 0.5) is 24.5 Å². The highest BCUT2D eigenvalue weighted by Gasteiger charge is 2.38. The molecule has 0 bridgehead atoms. The molecule has 1 heterocycles. The van der Waals surface area contributed by atoms with E-state index in [9.17, 15) is 27.9 Å². The molecule has 1 aliphatic heterocycles. The summed E-state index contributed by atoms with van der Waals surface area (Å²) in [7, 11) is 0. The second kappa shape index (κ2) is 12.1. The molecule has 0 radical (unpaired) electrons. The van der Waals surface area contributed by atoms with E-state index in [0.29, 0.717) is 23.7 Å². The number of carbonyl (C=O) groups is 3. The topological polar surface area (TPSA) is 107 Å². The zero-order valence-electron chi connectivity index (χ0n) is 18.6. The van der Waals surface area contributed by atoms with Gasteiger partial charge in [-0.3, -0.25) is 4.79 Å². The molecule has 1 saturated heterocycles. The predicted octanol–water partition coefficient (Wildman–Crippen LogP) is 5.14. The van der Waals surface area contributed by atoms with Crippen molar-refractivity contribution < 1.29 is 37.8 Å². The van der Waals surface area contributed by atoms with Crippen molar-refractivity contribution >= 4 is 29.2 Å². The lowest BCUT2D eigenvalue weighted by Gasteiger charge is -2.21. The lowest BCUT2D eigenvalue weighted by Crippen LogP contribution is -2.22. The van der Waals surface area contributed by atoms with Gasteiger partial charge in [0.05, 0.1) is 11.3 Å². The minimum atomic E-state index is -5.08. The summed E-state index contributed by atoms with van der Waals surface area (Å²) >= 11 is 0. The van der Waals surface area contributed by atoms with Gasteiger partial charge < -0.3 is 20.4 Å². The van der Waals surface area contributed by atoms with Gasteiger partial charge in [0.1, 0.15) is 0 Å². The molecule has 3 rings (SSSR count). The van der Waals surface area contributed by atoms with E-state index in [2.05, 4.69) is 22.3 Å². The smallest absolute Gasteiger partial charge is 0.478 e. The largest absolute Gasteiger partial charge is 0.490 e. The lowest BCUT2D eigenvalue weighted by molar-refractivity contribution is -0.192. The predicted molar refractivity (Wildman–Crippen MR) is 121 cm³/mol. The number of aromatic carboxylic acids is 1. The van der Waals surface area contributed by atoms with Gasteiger partial charge in [0.15, 0.2) is 0 Å². The number of hydrogen-bond acceptors (Lipinski definition) is 4. The van der Waals surface area contributed by atoms with Crippen molar-refractivity contribution in [3.05, 3.63) is 59.7 Å². The summed E-state index contributed by atoms with van der Waals surface area (Å²) in [5.74, 6) is -3.40. The van der Waals surface area contributed by atoms with Gasteiger partial charge in [-0.15, -0.1) is 0 Å². The third kappa shape index (κ3) is 7.79. The number of nitrogens with one attached hydrogen (secondary N) is 1. The number of amides is 1. The summed E-state index contributed by atoms with van der Waals surface area (Å²) in [6.45, 7) is 3.65. The van der Waals surface area contributed by atoms with Crippen molar-refractivity contribution in [1.82, 2.24) is 0 Å². The highest BCUT2D eigenvalue weighted by Crippen LogP contribution is 2.33. The van der Waals surface area contributed by atoms with Crippen molar-refractivity contribution in [2.75, 3.05) is 23.3 Å². The summed E-state index contributed by atoms with van der Waals surface area (Å²) in [4.78, 5) is 34.7. The Labute approximate surface area is 195 Å². The van der Waals surface area contributed by atoms with Crippen LogP contribution in [0.25, 0.3) is 0 Å². The number of benzene rings is 2. The first-order chi connectivity index (χ1) is 16.0. The van der Waals surface area contributed by atoms with Crippen LogP contribution >= 0.6 is 0 Å². The number of halogens is 3. The molecule has 2 aromatic rings. The standard InChI is InChI=1S/C22H26N2O3.C2HF3O2/c1-2-3-9-21(25)23-18-10-11-20(19(14-18)22(26)27)24-13-12-17(15-24)16-7-5-4-6-8-16;3-2(4,5)1(6)7/h4-8,10-11,14,17H,2-3,9,12-13,15H2,1H3,(H,23,25)(H,26,27);(H,6,7). The first kappa shape index (κ1) is 26.7. The molecule has 184 valence electrons. The Morgan fingerprint density at radius 2 is 1.74 bits per heavy atom. The van der Waals surface area contributed by atoms with E-state index in [1.54, 1.807) is 12.1 Å². The van der Waals surface area contributed by atoms with E-state index < -0.39 is 18.1 Å². The molecule has 3 N–H and O–H groups in total. The molecule has 1 aliphatic rings. The number of carboxylic acids is 2. The second-order valence-corrected chi connectivity index (χ2v) is 7.83. The fourth-order valence-corrected chi connectivity index (χ4v) is 3.60. The van der Waals surface area contributed by atoms with E-state index >= 15 is 0 Å². The number of hydrogen-bond donors (Lipinski definition) is 3. The highest BCUT2D eigenvalue weighted by atomic mass is 19.4. The van der Waals surface area contributed by atoms with Crippen molar-refractivity contribution in [2.24, 2.45) is 0 Å². The first-order valence-corrected chi connectivity index (χ1v) is 10.8. The van der Waals surface area contributed by atoms with Crippen molar-refractivity contribution in [3.8, 4) is 0 Å². The lowest BCUT2D eigenvalue weighted by atomic mass is 9.99. The first-order valence-electron chi connectivity index (χ1n) is 10.8. The van der Waals surface area contributed by atoms with Crippen molar-refractivity contribution in [2.45, 2.75) is 44.7 Å². The zero-order chi connectivity index (χ0) is 25.3. The number of carboxylic acid groups (broad SMARTS) is 2. The number of unbranched alkanes of at least 4 members (excludes halogenated alkanes) is 1. The summed E-state index contributed by atoms with van der Waals surface area (Å²) in [6, 6.07) is 15.5. The fourth-order valence-electron chi connectivity index (χ4n) is 3.60. The average Bonchev–Trinajstić information content (AvgIpc) is 3.28. The van der Waals surface area contributed by atoms with Crippen LogP contribution in [-0.4, -0.2) is 47.3 Å². The van der Waals surface area contributed by atoms with Gasteiger partial charge in [-0.25, -0.2) is 9.59 Å². The van der Waals surface area contributed by atoms with E-state index in [-0.39, 0.29) is 11.5 Å². The molecule has 10 heteroatoms. The molecular formula is C24H27F3N2O5. The van der Waals surface area contributed by atoms with Gasteiger partial charge in [0.2, 0.25) is 5.91 Å². The summed E-state index contributed by atoms with van der Waals surface area (Å²) in [5.41, 5.74) is 2.78. The molecule has 0 spiro atoms. The Morgan fingerprint density at radius 3 is 2.29 bits per heavy atom. The Hall–Kier alpha value is -3.56. The van der Waals surface area contributed by atoms with E-state index in [0.717, 1.165) is 32.4 Å². The minimum Gasteiger partial charge on any atom is -0.478 e. The van der Waals surface area contributed by atoms with Gasteiger partial charge in [0.25, 0.3) is 0 Å². The van der Waals surface area contributed by atoms with Crippen LogP contribution in [0, 0.1) is 0 Å². The highest BCUT2D eigenvalue weighted by molar-refractivity contribution is 5.98. The molecule has 34 heavy (non-hydrogen) atoms. The van der Waals surface area contributed by atoms with Crippen LogP contribution in [-0.2, 0) is 9.59 Å². The maximum atomic E-state index is 11.9. The fraction of sp³-hybridized carbons (Fsp3) is 0.375. The number of aliphatic carboxylic acids is 1. The van der Waals surface area contributed by atoms with Crippen molar-refractivity contribution in [1.29, 1.82) is 0 Å². The monoisotopic (exact) mass is 480 g/mol. The van der Waals surface area contributed by atoms with Crippen LogP contribution in [0.3, 0.4) is 0 Å². The van der Waals surface area contributed by atoms with Gasteiger partial charge in [0, 0.05) is 31.1 Å². The van der Waals surface area contributed by atoms with E-state index in [1.807, 2.05) is 31.2 Å². The number of carbonyl (C=O) groups excluding carboxylic acids is 1. The summed E-state index contributed by atoms with van der Waals surface area (Å²) in [5, 5.41) is 19.6. The Morgan fingerprint density at radius 1 is 1.09 bits per heavy atom. The molecule has 7 nitrogen and oxygen atoms in total. The molecule has 0 aliphatic carbocycles. The van der Waals surface area contributed by atoms with E-state index in [1.165, 1.54) is 5.56 Å². The quantitative estimate of drug-likeness (QED) is 0.507. The molecule has 0 saturated carbocycles. The normalized spacial score (nSPS) is 15.3. The number of nitrogens with zero attached hydrogens (tertiary/aromatic N) is 1. The average molecular weight is 480 g/mol. The molecule has 1 unspecified atom stereocenters. The van der Waals surface area contributed by atoms with Crippen LogP contribution in [0.2, 0.25) is 0 Å². The van der Waals surface area contributed by atoms with E-state index in [4.69, 9.17) is 9.90 Å². The third-order valence-corrected chi connectivity index (χ3v) is 5.31. The summed E-state index contributed by atoms with van der Waals surface area (Å²) < 4.78 is 31.7. The SMILES string of the molecule is CCCCC(=O)Nc1ccc(N2CCC(c3ccccc3)C2)c(C(=O)O)c1.O=C(O)C(F)(F)F. The maximum Gasteiger partial charge on any atom is 0.490 e. The number of rotatable bonds is 7. The van der Waals surface area contributed by atoms with Gasteiger partial charge in [-0.1, -0.05) is 43.7 Å². The molecule has 0 aromatic heterocycles. The third-order valence-electron chi connectivity index (χ3n) is 5.31. The number of alkyl halides is 3. The summed E-state index contributed by atoms with van der Waals surface area (Å²) in [6.07, 6.45) is -1.86. The minimum absolute atomic E-state index is 0.0775. The molecule has 1 fully saturated rings. The van der Waals surface area contributed by atoms with Gasteiger partial charge in [-0.2, -0.15) is 13.2 Å². The van der Waals surface area contributed by atoms with Gasteiger partial charge >= 0.3 is 18.1 Å². The molecular weight excluding hydrogens is 453 g/mol. The Kier molecular flexibility index (Phi) is 9.47. The Bertz CT molecular complexity index is 996. The van der Waals surface area contributed by atoms with Crippen LogP contribution in [0.5, 0.6) is 0 Å².